The average Bonchev–Trinajstić information content (AvgIpc) is 3.72. The van der Waals surface area contributed by atoms with Gasteiger partial charge in [0.15, 0.2) is 0 Å². The van der Waals surface area contributed by atoms with Crippen LogP contribution in [-0.4, -0.2) is 0 Å². The molecule has 11 aromatic rings. The molecule has 0 atom stereocenters. The third-order valence-corrected chi connectivity index (χ3v) is 14.8. The van der Waals surface area contributed by atoms with Crippen LogP contribution >= 0.6 is 0 Å². The molecule has 1 spiro atoms. The highest BCUT2D eigenvalue weighted by atomic mass is 15.1. The zero-order valence-corrected chi connectivity index (χ0v) is 38.1. The van der Waals surface area contributed by atoms with Crippen LogP contribution in [0.15, 0.2) is 285 Å². The molecule has 2 aliphatic carbocycles. The molecule has 0 amide bonds. The molecule has 0 saturated carbocycles. The normalized spacial score (nSPS) is 13.4. The molecule has 0 fully saturated rings. The van der Waals surface area contributed by atoms with Gasteiger partial charge in [0.25, 0.3) is 0 Å². The third-order valence-electron chi connectivity index (χ3n) is 14.8. The van der Waals surface area contributed by atoms with E-state index in [1.165, 1.54) is 77.9 Å². The SMILES string of the molecule is c1ccc(-c2ccc(N(c3cc(-c4ccccc4)cc(-c4ccccc4)c3)c3ccc4c(c3)C3(c5ccccc5-4)c4ccccc4C(c4ccccc4)(c4ccccc4)c4ccccc43)cc2)cc1. The smallest absolute Gasteiger partial charge is 0.0720 e. The van der Waals surface area contributed by atoms with Crippen LogP contribution in [0.25, 0.3) is 44.5 Å². The maximum Gasteiger partial charge on any atom is 0.0720 e. The Labute approximate surface area is 404 Å². The van der Waals surface area contributed by atoms with Crippen molar-refractivity contribution in [2.24, 2.45) is 0 Å². The second-order valence-electron chi connectivity index (χ2n) is 18.3. The van der Waals surface area contributed by atoms with Crippen LogP contribution in [0.2, 0.25) is 0 Å². The maximum atomic E-state index is 2.52. The minimum Gasteiger partial charge on any atom is -0.310 e. The quantitative estimate of drug-likeness (QED) is 0.147. The van der Waals surface area contributed by atoms with Crippen LogP contribution in [0.5, 0.6) is 0 Å². The molecule has 0 radical (unpaired) electrons. The number of anilines is 3. The highest BCUT2D eigenvalue weighted by Gasteiger charge is 2.56. The first-order valence-corrected chi connectivity index (χ1v) is 24.0. The van der Waals surface area contributed by atoms with Crippen molar-refractivity contribution < 1.29 is 0 Å². The lowest BCUT2D eigenvalue weighted by atomic mass is 9.51. The van der Waals surface area contributed by atoms with Gasteiger partial charge in [-0.15, -0.1) is 0 Å². The van der Waals surface area contributed by atoms with Crippen molar-refractivity contribution in [3.05, 3.63) is 330 Å². The molecule has 13 rings (SSSR count). The predicted octanol–water partition coefficient (Wildman–Crippen LogP) is 17.2. The van der Waals surface area contributed by atoms with Crippen LogP contribution < -0.4 is 4.90 Å². The molecule has 0 N–H and O–H groups in total. The first kappa shape index (κ1) is 40.5. The molecule has 0 heterocycles. The van der Waals surface area contributed by atoms with Crippen molar-refractivity contribution in [3.63, 3.8) is 0 Å². The molecule has 2 aliphatic rings. The van der Waals surface area contributed by atoms with Crippen LogP contribution in [-0.2, 0) is 10.8 Å². The lowest BCUT2D eigenvalue weighted by Crippen LogP contribution is -2.44. The first-order valence-electron chi connectivity index (χ1n) is 24.0. The summed E-state index contributed by atoms with van der Waals surface area (Å²) in [7, 11) is 0. The van der Waals surface area contributed by atoms with E-state index in [0.717, 1.165) is 28.2 Å². The average molecular weight is 878 g/mol. The maximum absolute atomic E-state index is 2.52. The second kappa shape index (κ2) is 16.5. The van der Waals surface area contributed by atoms with Crippen LogP contribution in [0, 0.1) is 0 Å². The Morgan fingerprint density at radius 1 is 0.203 bits per heavy atom. The van der Waals surface area contributed by atoms with Gasteiger partial charge in [-0.25, -0.2) is 0 Å². The predicted molar refractivity (Wildman–Crippen MR) is 287 cm³/mol. The number of hydrogen-bond donors (Lipinski definition) is 0. The fourth-order valence-corrected chi connectivity index (χ4v) is 11.9. The first-order chi connectivity index (χ1) is 34.2. The highest BCUT2D eigenvalue weighted by Crippen LogP contribution is 2.65. The summed E-state index contributed by atoms with van der Waals surface area (Å²) in [5.41, 5.74) is 21.9. The fraction of sp³-hybridized carbons (Fsp3) is 0.0294. The van der Waals surface area contributed by atoms with Gasteiger partial charge < -0.3 is 4.90 Å². The van der Waals surface area contributed by atoms with Crippen LogP contribution in [0.4, 0.5) is 17.1 Å². The van der Waals surface area contributed by atoms with Gasteiger partial charge in [-0.3, -0.25) is 0 Å². The number of benzene rings is 11. The molecule has 0 aliphatic heterocycles. The van der Waals surface area contributed by atoms with E-state index in [-0.39, 0.29) is 0 Å². The summed E-state index contributed by atoms with van der Waals surface area (Å²) in [5, 5.41) is 0. The Balaban J connectivity index is 1.10. The number of hydrogen-bond acceptors (Lipinski definition) is 1. The van der Waals surface area contributed by atoms with Crippen molar-refractivity contribution in [1.82, 2.24) is 0 Å². The van der Waals surface area contributed by atoms with Crippen molar-refractivity contribution in [3.8, 4) is 44.5 Å². The summed E-state index contributed by atoms with van der Waals surface area (Å²) in [6.45, 7) is 0. The minimum atomic E-state index is -0.633. The van der Waals surface area contributed by atoms with Crippen LogP contribution in [0.3, 0.4) is 0 Å². The summed E-state index contributed by atoms with van der Waals surface area (Å²) < 4.78 is 0. The molecule has 0 saturated heterocycles. The molecule has 69 heavy (non-hydrogen) atoms. The zero-order valence-electron chi connectivity index (χ0n) is 38.1. The molecule has 1 nitrogen and oxygen atoms in total. The molecule has 0 unspecified atom stereocenters. The van der Waals surface area contributed by atoms with Gasteiger partial charge in [0.2, 0.25) is 0 Å². The van der Waals surface area contributed by atoms with E-state index >= 15 is 0 Å². The molecule has 0 bridgehead atoms. The third kappa shape index (κ3) is 6.32. The Morgan fingerprint density at radius 3 is 1.06 bits per heavy atom. The summed E-state index contributed by atoms with van der Waals surface area (Å²) in [4.78, 5) is 2.48. The number of fused-ring (bicyclic) bond motifs is 9. The van der Waals surface area contributed by atoms with E-state index in [4.69, 9.17) is 0 Å². The Morgan fingerprint density at radius 2 is 0.565 bits per heavy atom. The van der Waals surface area contributed by atoms with Gasteiger partial charge >= 0.3 is 0 Å². The fourth-order valence-electron chi connectivity index (χ4n) is 11.9. The van der Waals surface area contributed by atoms with E-state index in [2.05, 4.69) is 290 Å². The lowest BCUT2D eigenvalue weighted by Gasteiger charge is -2.50. The Kier molecular flexibility index (Phi) is 9.70. The van der Waals surface area contributed by atoms with Gasteiger partial charge in [-0.1, -0.05) is 243 Å². The topological polar surface area (TPSA) is 3.24 Å². The van der Waals surface area contributed by atoms with Crippen molar-refractivity contribution in [1.29, 1.82) is 0 Å². The molecular formula is C68H47N. The van der Waals surface area contributed by atoms with E-state index in [9.17, 15) is 0 Å². The van der Waals surface area contributed by atoms with E-state index in [0.29, 0.717) is 0 Å². The second-order valence-corrected chi connectivity index (χ2v) is 18.3. The van der Waals surface area contributed by atoms with Gasteiger partial charge in [0.1, 0.15) is 0 Å². The Bertz CT molecular complexity index is 3490. The van der Waals surface area contributed by atoms with Gasteiger partial charge in [-0.05, 0) is 131 Å². The Hall–Kier alpha value is -8.78. The van der Waals surface area contributed by atoms with Gasteiger partial charge in [0, 0.05) is 17.1 Å². The summed E-state index contributed by atoms with van der Waals surface area (Å²) in [5.74, 6) is 0. The highest BCUT2D eigenvalue weighted by molar-refractivity contribution is 5.93. The van der Waals surface area contributed by atoms with Gasteiger partial charge in [0.05, 0.1) is 10.8 Å². The molecule has 11 aromatic carbocycles. The largest absolute Gasteiger partial charge is 0.310 e. The molecule has 1 heteroatoms. The van der Waals surface area contributed by atoms with Crippen LogP contribution in [0.1, 0.15) is 44.5 Å². The minimum absolute atomic E-state index is 0.575. The molecule has 0 aromatic heterocycles. The summed E-state index contributed by atoms with van der Waals surface area (Å²) in [6.07, 6.45) is 0. The standard InChI is InChI=1S/C68H47N/c1-6-22-48(23-7-1)51-38-40-56(41-39-51)69(58-45-52(49-24-8-2-9-25-49)44-53(46-58)50-26-10-3-11-27-50)57-42-43-60-59-32-16-17-33-61(59)68(66(60)47-57)64-36-20-18-34-62(64)67(54-28-12-4-13-29-54,55-30-14-5-15-31-55)63-35-19-21-37-65(63)68/h1-47H. The van der Waals surface area contributed by atoms with Gasteiger partial charge in [-0.2, -0.15) is 0 Å². The molecule has 324 valence electrons. The van der Waals surface area contributed by atoms with E-state index in [1.54, 1.807) is 0 Å². The molecular weight excluding hydrogens is 831 g/mol. The monoisotopic (exact) mass is 877 g/mol. The van der Waals surface area contributed by atoms with Crippen molar-refractivity contribution in [2.75, 3.05) is 4.90 Å². The van der Waals surface area contributed by atoms with Crippen molar-refractivity contribution >= 4 is 17.1 Å². The number of rotatable bonds is 8. The van der Waals surface area contributed by atoms with Crippen molar-refractivity contribution in [2.45, 2.75) is 10.8 Å². The summed E-state index contributed by atoms with van der Waals surface area (Å²) >= 11 is 0. The van der Waals surface area contributed by atoms with E-state index in [1.807, 2.05) is 0 Å². The summed E-state index contributed by atoms with van der Waals surface area (Å²) in [6, 6.07) is 106. The zero-order chi connectivity index (χ0) is 45.8. The van der Waals surface area contributed by atoms with E-state index < -0.39 is 10.8 Å². The lowest BCUT2D eigenvalue weighted by molar-refractivity contribution is 0.623. The number of nitrogens with zero attached hydrogens (tertiary/aromatic N) is 1.